The van der Waals surface area contributed by atoms with E-state index in [4.69, 9.17) is 0 Å². The number of benzene rings is 1. The zero-order valence-corrected chi connectivity index (χ0v) is 19.2. The smallest absolute Gasteiger partial charge is 0.191 e. The summed E-state index contributed by atoms with van der Waals surface area (Å²) in [6, 6.07) is 10.6. The Bertz CT molecular complexity index is 652. The predicted molar refractivity (Wildman–Crippen MR) is 123 cm³/mol. The van der Waals surface area contributed by atoms with Gasteiger partial charge >= 0.3 is 0 Å². The molecule has 0 unspecified atom stereocenters. The van der Waals surface area contributed by atoms with E-state index >= 15 is 0 Å². The standard InChI is InChI=1S/C19H29N5S.HI/c1-15-16(2)25-18(23-15)13-22-19(20-3)21-11-8-12-24(4)14-17-9-6-5-7-10-17;/h5-7,9-10H,8,11-14H2,1-4H3,(H2,20,21,22);1H. The number of hydrogen-bond donors (Lipinski definition) is 2. The molecule has 0 bridgehead atoms. The van der Waals surface area contributed by atoms with Crippen molar-refractivity contribution in [3.8, 4) is 0 Å². The Morgan fingerprint density at radius 2 is 1.92 bits per heavy atom. The van der Waals surface area contributed by atoms with Crippen molar-refractivity contribution in [3.63, 3.8) is 0 Å². The van der Waals surface area contributed by atoms with Crippen LogP contribution in [0.2, 0.25) is 0 Å². The molecule has 144 valence electrons. The highest BCUT2D eigenvalue weighted by Gasteiger charge is 2.05. The molecular weight excluding hydrogens is 457 g/mol. The van der Waals surface area contributed by atoms with Crippen molar-refractivity contribution in [2.24, 2.45) is 4.99 Å². The monoisotopic (exact) mass is 487 g/mol. The maximum Gasteiger partial charge on any atom is 0.191 e. The van der Waals surface area contributed by atoms with Crippen LogP contribution in [0.25, 0.3) is 0 Å². The van der Waals surface area contributed by atoms with Gasteiger partial charge in [0, 0.05) is 25.0 Å². The van der Waals surface area contributed by atoms with Crippen molar-refractivity contribution >= 4 is 41.3 Å². The van der Waals surface area contributed by atoms with Crippen LogP contribution in [0.5, 0.6) is 0 Å². The first-order chi connectivity index (χ1) is 12.1. The molecule has 1 aromatic carbocycles. The van der Waals surface area contributed by atoms with Crippen LogP contribution in [-0.4, -0.2) is 43.0 Å². The van der Waals surface area contributed by atoms with Gasteiger partial charge in [-0.3, -0.25) is 4.99 Å². The average Bonchev–Trinajstić information content (AvgIpc) is 2.93. The van der Waals surface area contributed by atoms with E-state index in [1.807, 2.05) is 6.92 Å². The van der Waals surface area contributed by atoms with Gasteiger partial charge in [-0.05, 0) is 39.4 Å². The van der Waals surface area contributed by atoms with E-state index in [0.717, 1.165) is 42.7 Å². The molecule has 0 fully saturated rings. The highest BCUT2D eigenvalue weighted by atomic mass is 127. The summed E-state index contributed by atoms with van der Waals surface area (Å²) in [4.78, 5) is 12.4. The summed E-state index contributed by atoms with van der Waals surface area (Å²) in [5.74, 6) is 0.830. The SMILES string of the molecule is CN=C(NCCCN(C)Cc1ccccc1)NCc1nc(C)c(C)s1.I. The van der Waals surface area contributed by atoms with Crippen molar-refractivity contribution in [2.75, 3.05) is 27.2 Å². The Balaban J connectivity index is 0.00000338. The minimum Gasteiger partial charge on any atom is -0.356 e. The highest BCUT2D eigenvalue weighted by molar-refractivity contribution is 14.0. The second kappa shape index (κ2) is 12.2. The molecule has 0 amide bonds. The van der Waals surface area contributed by atoms with Crippen LogP contribution in [0.1, 0.15) is 27.6 Å². The van der Waals surface area contributed by atoms with E-state index in [1.54, 1.807) is 18.4 Å². The number of halogens is 1. The molecule has 2 N–H and O–H groups in total. The molecule has 26 heavy (non-hydrogen) atoms. The van der Waals surface area contributed by atoms with Crippen molar-refractivity contribution in [2.45, 2.75) is 33.4 Å². The van der Waals surface area contributed by atoms with Crippen molar-refractivity contribution < 1.29 is 0 Å². The molecule has 5 nitrogen and oxygen atoms in total. The van der Waals surface area contributed by atoms with Crippen LogP contribution in [0.4, 0.5) is 0 Å². The molecule has 0 saturated heterocycles. The van der Waals surface area contributed by atoms with Gasteiger partial charge in [0.2, 0.25) is 0 Å². The Morgan fingerprint density at radius 3 is 2.54 bits per heavy atom. The van der Waals surface area contributed by atoms with Crippen molar-refractivity contribution in [1.82, 2.24) is 20.5 Å². The zero-order chi connectivity index (χ0) is 18.1. The summed E-state index contributed by atoms with van der Waals surface area (Å²) in [6.45, 7) is 7.80. The van der Waals surface area contributed by atoms with Gasteiger partial charge in [0.15, 0.2) is 5.96 Å². The van der Waals surface area contributed by atoms with Gasteiger partial charge in [0.05, 0.1) is 12.2 Å². The molecule has 0 atom stereocenters. The van der Waals surface area contributed by atoms with Gasteiger partial charge in [-0.1, -0.05) is 30.3 Å². The molecule has 0 radical (unpaired) electrons. The largest absolute Gasteiger partial charge is 0.356 e. The second-order valence-electron chi connectivity index (χ2n) is 6.18. The Kier molecular flexibility index (Phi) is 10.8. The topological polar surface area (TPSA) is 52.6 Å². The fourth-order valence-corrected chi connectivity index (χ4v) is 3.40. The maximum atomic E-state index is 4.54. The quantitative estimate of drug-likeness (QED) is 0.259. The lowest BCUT2D eigenvalue weighted by atomic mass is 10.2. The van der Waals surface area contributed by atoms with Gasteiger partial charge in [0.25, 0.3) is 0 Å². The fourth-order valence-electron chi connectivity index (χ4n) is 2.52. The Morgan fingerprint density at radius 1 is 1.19 bits per heavy atom. The predicted octanol–water partition coefficient (Wildman–Crippen LogP) is 3.57. The first kappa shape index (κ1) is 22.9. The van der Waals surface area contributed by atoms with Crippen molar-refractivity contribution in [3.05, 3.63) is 51.5 Å². The molecule has 0 aliphatic rings. The lowest BCUT2D eigenvalue weighted by Gasteiger charge is -2.17. The molecule has 2 aromatic rings. The Labute approximate surface area is 178 Å². The fraction of sp³-hybridized carbons (Fsp3) is 0.474. The summed E-state index contributed by atoms with van der Waals surface area (Å²) < 4.78 is 0. The van der Waals surface area contributed by atoms with Crippen LogP contribution in [0, 0.1) is 13.8 Å². The molecule has 0 aliphatic heterocycles. The third-order valence-corrected chi connectivity index (χ3v) is 5.08. The first-order valence-corrected chi connectivity index (χ1v) is 9.50. The Hall–Kier alpha value is -1.19. The van der Waals surface area contributed by atoms with Gasteiger partial charge in [0.1, 0.15) is 5.01 Å². The molecule has 7 heteroatoms. The average molecular weight is 487 g/mol. The van der Waals surface area contributed by atoms with E-state index in [1.165, 1.54) is 10.4 Å². The summed E-state index contributed by atoms with van der Waals surface area (Å²) >= 11 is 1.74. The van der Waals surface area contributed by atoms with Gasteiger partial charge in [-0.2, -0.15) is 0 Å². The van der Waals surface area contributed by atoms with Crippen LogP contribution in [-0.2, 0) is 13.1 Å². The maximum absolute atomic E-state index is 4.54. The summed E-state index contributed by atoms with van der Waals surface area (Å²) in [5, 5.41) is 7.79. The third-order valence-electron chi connectivity index (χ3n) is 4.01. The molecule has 1 heterocycles. The molecule has 0 aliphatic carbocycles. The molecular formula is C19H30IN5S. The minimum absolute atomic E-state index is 0. The van der Waals surface area contributed by atoms with Gasteiger partial charge in [-0.15, -0.1) is 35.3 Å². The van der Waals surface area contributed by atoms with E-state index in [2.05, 4.69) is 69.8 Å². The van der Waals surface area contributed by atoms with E-state index < -0.39 is 0 Å². The van der Waals surface area contributed by atoms with Crippen LogP contribution < -0.4 is 10.6 Å². The number of thiazole rings is 1. The number of nitrogens with zero attached hydrogens (tertiary/aromatic N) is 3. The molecule has 0 saturated carbocycles. The number of aliphatic imine (C=N–C) groups is 1. The lowest BCUT2D eigenvalue weighted by Crippen LogP contribution is -2.38. The third kappa shape index (κ3) is 8.01. The zero-order valence-electron chi connectivity index (χ0n) is 16.1. The number of guanidine groups is 1. The van der Waals surface area contributed by atoms with Crippen LogP contribution >= 0.6 is 35.3 Å². The summed E-state index contributed by atoms with van der Waals surface area (Å²) in [5.41, 5.74) is 2.47. The van der Waals surface area contributed by atoms with E-state index in [9.17, 15) is 0 Å². The summed E-state index contributed by atoms with van der Waals surface area (Å²) in [6.07, 6.45) is 1.07. The normalized spacial score (nSPS) is 11.3. The molecule has 2 rings (SSSR count). The molecule has 0 spiro atoms. The molecule has 1 aromatic heterocycles. The number of aromatic nitrogens is 1. The highest BCUT2D eigenvalue weighted by Crippen LogP contribution is 2.15. The number of rotatable bonds is 8. The second-order valence-corrected chi connectivity index (χ2v) is 7.47. The number of hydrogen-bond acceptors (Lipinski definition) is 4. The number of aryl methyl sites for hydroxylation is 2. The van der Waals surface area contributed by atoms with Gasteiger partial charge < -0.3 is 15.5 Å². The first-order valence-electron chi connectivity index (χ1n) is 8.68. The van der Waals surface area contributed by atoms with Crippen molar-refractivity contribution in [1.29, 1.82) is 0 Å². The van der Waals surface area contributed by atoms with Crippen LogP contribution in [0.3, 0.4) is 0 Å². The van der Waals surface area contributed by atoms with E-state index in [0.29, 0.717) is 6.54 Å². The lowest BCUT2D eigenvalue weighted by molar-refractivity contribution is 0.322. The minimum atomic E-state index is 0. The van der Waals surface area contributed by atoms with Gasteiger partial charge in [-0.25, -0.2) is 4.98 Å². The summed E-state index contributed by atoms with van der Waals surface area (Å²) in [7, 11) is 3.96. The van der Waals surface area contributed by atoms with Crippen LogP contribution in [0.15, 0.2) is 35.3 Å². The number of nitrogens with one attached hydrogen (secondary N) is 2. The van der Waals surface area contributed by atoms with E-state index in [-0.39, 0.29) is 24.0 Å².